The van der Waals surface area contributed by atoms with Gasteiger partial charge in [0.2, 0.25) is 5.91 Å². The summed E-state index contributed by atoms with van der Waals surface area (Å²) >= 11 is 1.08. The molecule has 3 rings (SSSR count). The molecular weight excluding hydrogens is 345 g/mol. The number of piperazine rings is 1. The maximum atomic E-state index is 13.8. The van der Waals surface area contributed by atoms with Crippen LogP contribution in [-0.4, -0.2) is 73.1 Å². The number of benzene rings is 1. The monoisotopic (exact) mass is 367 g/mol. The summed E-state index contributed by atoms with van der Waals surface area (Å²) in [6.07, 6.45) is 0.779. The van der Waals surface area contributed by atoms with Gasteiger partial charge in [0.05, 0.1) is 18.6 Å². The average Bonchev–Trinajstić information content (AvgIpc) is 2.94. The highest BCUT2D eigenvalue weighted by Crippen LogP contribution is 2.31. The number of amides is 2. The Kier molecular flexibility index (Phi) is 5.80. The first kappa shape index (κ1) is 18.0. The van der Waals surface area contributed by atoms with Crippen LogP contribution >= 0.6 is 11.8 Å². The standard InChI is InChI=1S/C17H22FN3O3S/c1-24-16-13(18)4-2-5-14(16)20-10-8-19(9-11-20)6-3-7-21-15(22)12-25-17(21)23/h2,4-5H,3,6-12H2,1H3. The van der Waals surface area contributed by atoms with Crippen molar-refractivity contribution in [3.05, 3.63) is 24.0 Å². The number of nitrogens with zero attached hydrogens (tertiary/aromatic N) is 3. The van der Waals surface area contributed by atoms with E-state index in [1.54, 1.807) is 6.07 Å². The normalized spacial score (nSPS) is 19.0. The van der Waals surface area contributed by atoms with E-state index in [4.69, 9.17) is 4.74 Å². The Labute approximate surface area is 150 Å². The minimum absolute atomic E-state index is 0.0852. The molecule has 0 radical (unpaired) electrons. The molecule has 0 N–H and O–H groups in total. The van der Waals surface area contributed by atoms with Crippen LogP contribution in [0.5, 0.6) is 5.75 Å². The van der Waals surface area contributed by atoms with Gasteiger partial charge < -0.3 is 9.64 Å². The van der Waals surface area contributed by atoms with Crippen LogP contribution in [0.4, 0.5) is 14.9 Å². The lowest BCUT2D eigenvalue weighted by Crippen LogP contribution is -2.47. The summed E-state index contributed by atoms with van der Waals surface area (Å²) < 4.78 is 19.0. The SMILES string of the molecule is COc1c(F)cccc1N1CCN(CCCN2C(=O)CSC2=O)CC1. The Balaban J connectivity index is 1.47. The lowest BCUT2D eigenvalue weighted by Gasteiger charge is -2.36. The van der Waals surface area contributed by atoms with Crippen molar-refractivity contribution in [1.29, 1.82) is 0 Å². The molecule has 2 heterocycles. The fourth-order valence-corrected chi connectivity index (χ4v) is 3.96. The molecule has 25 heavy (non-hydrogen) atoms. The second-order valence-electron chi connectivity index (χ2n) is 6.07. The topological polar surface area (TPSA) is 53.1 Å². The Hall–Kier alpha value is -1.80. The molecule has 0 aliphatic carbocycles. The highest BCUT2D eigenvalue weighted by molar-refractivity contribution is 8.14. The van der Waals surface area contributed by atoms with Crippen molar-refractivity contribution in [3.63, 3.8) is 0 Å². The molecule has 0 aromatic heterocycles. The number of para-hydroxylation sites is 1. The molecule has 6 nitrogen and oxygen atoms in total. The van der Waals surface area contributed by atoms with E-state index in [2.05, 4.69) is 9.80 Å². The van der Waals surface area contributed by atoms with Gasteiger partial charge in [-0.1, -0.05) is 17.8 Å². The number of methoxy groups -OCH3 is 1. The summed E-state index contributed by atoms with van der Waals surface area (Å²) in [7, 11) is 1.48. The van der Waals surface area contributed by atoms with E-state index in [1.165, 1.54) is 18.1 Å². The van der Waals surface area contributed by atoms with Gasteiger partial charge >= 0.3 is 0 Å². The van der Waals surface area contributed by atoms with E-state index in [0.29, 0.717) is 12.3 Å². The van der Waals surface area contributed by atoms with Gasteiger partial charge in [0, 0.05) is 32.7 Å². The van der Waals surface area contributed by atoms with Crippen molar-refractivity contribution in [2.24, 2.45) is 0 Å². The predicted octanol–water partition coefficient (Wildman–Crippen LogP) is 2.04. The molecule has 136 valence electrons. The Morgan fingerprint density at radius 1 is 1.16 bits per heavy atom. The smallest absolute Gasteiger partial charge is 0.288 e. The van der Waals surface area contributed by atoms with Gasteiger partial charge in [-0.05, 0) is 25.1 Å². The Bertz CT molecular complexity index is 634. The van der Waals surface area contributed by atoms with E-state index < -0.39 is 0 Å². The summed E-state index contributed by atoms with van der Waals surface area (Å²) in [6, 6.07) is 4.97. The summed E-state index contributed by atoms with van der Waals surface area (Å²) in [5.41, 5.74) is 0.785. The molecule has 2 aliphatic heterocycles. The first-order chi connectivity index (χ1) is 12.1. The largest absolute Gasteiger partial charge is 0.492 e. The summed E-state index contributed by atoms with van der Waals surface area (Å²) in [6.45, 7) is 4.62. The number of thioether (sulfide) groups is 1. The van der Waals surface area contributed by atoms with Gasteiger partial charge in [0.25, 0.3) is 5.24 Å². The number of hydrogen-bond donors (Lipinski definition) is 0. The van der Waals surface area contributed by atoms with Crippen molar-refractivity contribution in [1.82, 2.24) is 9.80 Å². The quantitative estimate of drug-likeness (QED) is 0.767. The third-order valence-corrected chi connectivity index (χ3v) is 5.42. The molecule has 0 atom stereocenters. The lowest BCUT2D eigenvalue weighted by molar-refractivity contribution is -0.124. The van der Waals surface area contributed by atoms with Crippen molar-refractivity contribution in [2.75, 3.05) is 57.0 Å². The minimum atomic E-state index is -0.347. The van der Waals surface area contributed by atoms with Crippen LogP contribution in [0, 0.1) is 5.82 Å². The first-order valence-electron chi connectivity index (χ1n) is 8.37. The van der Waals surface area contributed by atoms with Crippen LogP contribution in [0.25, 0.3) is 0 Å². The zero-order valence-corrected chi connectivity index (χ0v) is 15.1. The highest BCUT2D eigenvalue weighted by Gasteiger charge is 2.29. The van der Waals surface area contributed by atoms with Crippen molar-refractivity contribution in [3.8, 4) is 5.75 Å². The third kappa shape index (κ3) is 4.07. The van der Waals surface area contributed by atoms with Crippen LogP contribution in [0.3, 0.4) is 0 Å². The van der Waals surface area contributed by atoms with E-state index in [-0.39, 0.29) is 22.7 Å². The molecule has 2 fully saturated rings. The number of carbonyl (C=O) groups excluding carboxylic acids is 2. The van der Waals surface area contributed by atoms with Crippen molar-refractivity contribution >= 4 is 28.6 Å². The molecule has 0 bridgehead atoms. The zero-order chi connectivity index (χ0) is 17.8. The van der Waals surface area contributed by atoms with Crippen molar-refractivity contribution < 1.29 is 18.7 Å². The minimum Gasteiger partial charge on any atom is -0.492 e. The van der Waals surface area contributed by atoms with Crippen LogP contribution < -0.4 is 9.64 Å². The molecule has 0 unspecified atom stereocenters. The first-order valence-corrected chi connectivity index (χ1v) is 9.35. The summed E-state index contributed by atoms with van der Waals surface area (Å²) in [4.78, 5) is 28.9. The Morgan fingerprint density at radius 2 is 1.92 bits per heavy atom. The molecule has 2 amide bonds. The summed E-state index contributed by atoms with van der Waals surface area (Å²) in [5, 5.41) is -0.131. The van der Waals surface area contributed by atoms with E-state index in [0.717, 1.165) is 56.6 Å². The molecule has 2 saturated heterocycles. The predicted molar refractivity (Wildman–Crippen MR) is 95.8 cm³/mol. The number of hydrogen-bond acceptors (Lipinski definition) is 6. The average molecular weight is 367 g/mol. The summed E-state index contributed by atoms with van der Waals surface area (Å²) in [5.74, 6) is 0.130. The maximum Gasteiger partial charge on any atom is 0.288 e. The van der Waals surface area contributed by atoms with Crippen LogP contribution in [-0.2, 0) is 4.79 Å². The lowest BCUT2D eigenvalue weighted by atomic mass is 10.2. The van der Waals surface area contributed by atoms with Crippen molar-refractivity contribution in [2.45, 2.75) is 6.42 Å². The van der Waals surface area contributed by atoms with Gasteiger partial charge in [-0.3, -0.25) is 19.4 Å². The molecular formula is C17H22FN3O3S. The molecule has 1 aromatic carbocycles. The Morgan fingerprint density at radius 3 is 2.56 bits per heavy atom. The number of halogens is 1. The van der Waals surface area contributed by atoms with Crippen LogP contribution in [0.2, 0.25) is 0 Å². The number of ether oxygens (including phenoxy) is 1. The number of carbonyl (C=O) groups is 2. The maximum absolute atomic E-state index is 13.8. The fourth-order valence-electron chi connectivity index (χ4n) is 3.21. The molecule has 0 spiro atoms. The van der Waals surface area contributed by atoms with E-state index in [9.17, 15) is 14.0 Å². The number of rotatable bonds is 6. The van der Waals surface area contributed by atoms with Gasteiger partial charge in [-0.2, -0.15) is 0 Å². The van der Waals surface area contributed by atoms with Crippen LogP contribution in [0.1, 0.15) is 6.42 Å². The van der Waals surface area contributed by atoms with E-state index >= 15 is 0 Å². The van der Waals surface area contributed by atoms with Gasteiger partial charge in [0.15, 0.2) is 11.6 Å². The molecule has 1 aromatic rings. The molecule has 8 heteroatoms. The molecule has 0 saturated carbocycles. The second-order valence-corrected chi connectivity index (χ2v) is 7.00. The number of anilines is 1. The van der Waals surface area contributed by atoms with Gasteiger partial charge in [-0.15, -0.1) is 0 Å². The highest BCUT2D eigenvalue weighted by atomic mass is 32.2. The second kappa shape index (κ2) is 8.05. The zero-order valence-electron chi connectivity index (χ0n) is 14.2. The molecule has 2 aliphatic rings. The fraction of sp³-hybridized carbons (Fsp3) is 0.529. The van der Waals surface area contributed by atoms with Crippen LogP contribution in [0.15, 0.2) is 18.2 Å². The number of imide groups is 1. The van der Waals surface area contributed by atoms with Gasteiger partial charge in [-0.25, -0.2) is 4.39 Å². The van der Waals surface area contributed by atoms with E-state index in [1.807, 2.05) is 6.07 Å². The van der Waals surface area contributed by atoms with Gasteiger partial charge in [0.1, 0.15) is 0 Å². The third-order valence-electron chi connectivity index (χ3n) is 4.56.